The van der Waals surface area contributed by atoms with Crippen LogP contribution in [-0.4, -0.2) is 17.7 Å². The molecule has 0 fully saturated rings. The van der Waals surface area contributed by atoms with E-state index in [1.807, 2.05) is 31.2 Å². The average molecular weight is 514 g/mol. The number of hydrogen-bond donors (Lipinski definition) is 2. The molecule has 144 valence electrons. The maximum absolute atomic E-state index is 12.7. The van der Waals surface area contributed by atoms with Crippen molar-refractivity contribution >= 4 is 67.9 Å². The van der Waals surface area contributed by atoms with E-state index in [4.69, 9.17) is 17.0 Å². The van der Waals surface area contributed by atoms with Gasteiger partial charge in [0, 0.05) is 14.1 Å². The number of nitrogens with one attached hydrogen (secondary N) is 2. The maximum Gasteiger partial charge on any atom is 0.341 e. The monoisotopic (exact) mass is 514 g/mol. The first-order valence-corrected chi connectivity index (χ1v) is 11.5. The lowest BCUT2D eigenvalue weighted by Crippen LogP contribution is -2.20. The summed E-state index contributed by atoms with van der Waals surface area (Å²) in [6.07, 6.45) is 6.70. The third kappa shape index (κ3) is 5.42. The van der Waals surface area contributed by atoms with Crippen molar-refractivity contribution in [3.63, 3.8) is 0 Å². The van der Waals surface area contributed by atoms with Gasteiger partial charge in [0.15, 0.2) is 5.11 Å². The molecular weight excluding hydrogens is 491 g/mol. The Morgan fingerprint density at radius 1 is 1.15 bits per heavy atom. The van der Waals surface area contributed by atoms with Crippen LogP contribution in [0.2, 0.25) is 0 Å². The lowest BCUT2D eigenvalue weighted by molar-refractivity contribution is 0.0526. The summed E-state index contributed by atoms with van der Waals surface area (Å²) in [7, 11) is 0. The fraction of sp³-hybridized carbons (Fsp3) is 0.400. The fourth-order valence-electron chi connectivity index (χ4n) is 3.23. The van der Waals surface area contributed by atoms with Crippen molar-refractivity contribution in [3.05, 3.63) is 43.8 Å². The van der Waals surface area contributed by atoms with E-state index in [0.29, 0.717) is 17.3 Å². The molecule has 0 aliphatic heterocycles. The number of benzene rings is 1. The molecule has 0 bridgehead atoms. The van der Waals surface area contributed by atoms with E-state index < -0.39 is 0 Å². The summed E-state index contributed by atoms with van der Waals surface area (Å²) in [6.45, 7) is 2.21. The topological polar surface area (TPSA) is 50.4 Å². The molecule has 7 heteroatoms. The van der Waals surface area contributed by atoms with Gasteiger partial charge in [-0.05, 0) is 97.2 Å². The van der Waals surface area contributed by atoms with Crippen LogP contribution >= 0.6 is 46.1 Å². The van der Waals surface area contributed by atoms with E-state index in [0.717, 1.165) is 35.5 Å². The number of anilines is 2. The van der Waals surface area contributed by atoms with Gasteiger partial charge in [-0.15, -0.1) is 11.3 Å². The second-order valence-corrected chi connectivity index (χ2v) is 9.19. The van der Waals surface area contributed by atoms with E-state index in [1.54, 1.807) is 11.3 Å². The fourth-order valence-corrected chi connectivity index (χ4v) is 5.15. The van der Waals surface area contributed by atoms with Crippen LogP contribution in [0.4, 0.5) is 10.7 Å². The second kappa shape index (κ2) is 9.84. The zero-order valence-corrected chi connectivity index (χ0v) is 19.1. The summed E-state index contributed by atoms with van der Waals surface area (Å²) in [5, 5.41) is 7.72. The van der Waals surface area contributed by atoms with Crippen LogP contribution in [0.25, 0.3) is 0 Å². The highest BCUT2D eigenvalue weighted by atomic mass is 127. The molecular formula is C20H23IN2O2S2. The summed E-state index contributed by atoms with van der Waals surface area (Å²) in [6, 6.07) is 8.00. The third-order valence-corrected chi connectivity index (χ3v) is 6.61. The molecule has 27 heavy (non-hydrogen) atoms. The highest BCUT2D eigenvalue weighted by Gasteiger charge is 2.25. The number of thiophene rings is 1. The molecule has 0 saturated carbocycles. The quantitative estimate of drug-likeness (QED) is 0.298. The minimum atomic E-state index is -0.255. The molecule has 2 N–H and O–H groups in total. The van der Waals surface area contributed by atoms with Crippen LogP contribution in [0, 0.1) is 3.57 Å². The second-order valence-electron chi connectivity index (χ2n) is 6.43. The van der Waals surface area contributed by atoms with Gasteiger partial charge in [-0.25, -0.2) is 4.79 Å². The van der Waals surface area contributed by atoms with E-state index in [-0.39, 0.29) is 5.97 Å². The van der Waals surface area contributed by atoms with Crippen molar-refractivity contribution in [2.24, 2.45) is 0 Å². The largest absolute Gasteiger partial charge is 0.462 e. The molecule has 0 atom stereocenters. The number of ether oxygens (including phenoxy) is 1. The lowest BCUT2D eigenvalue weighted by Gasteiger charge is -2.12. The highest BCUT2D eigenvalue weighted by Crippen LogP contribution is 2.37. The molecule has 1 aliphatic carbocycles. The van der Waals surface area contributed by atoms with Gasteiger partial charge < -0.3 is 15.4 Å². The van der Waals surface area contributed by atoms with Crippen molar-refractivity contribution in [1.29, 1.82) is 0 Å². The number of rotatable bonds is 4. The van der Waals surface area contributed by atoms with Crippen LogP contribution in [0.15, 0.2) is 24.3 Å². The molecule has 1 heterocycles. The normalized spacial score (nSPS) is 13.9. The number of carbonyl (C=O) groups excluding carboxylic acids is 1. The standard InChI is InChI=1S/C20H23IN2O2S2/c1-2-25-19(24)17-15-7-5-3-4-6-8-16(15)27-18(17)23-20(26)22-14-11-9-13(21)10-12-14/h9-12H,2-8H2,1H3,(H2,22,23,26). The number of thiocarbonyl (C=S) groups is 1. The van der Waals surface area contributed by atoms with Crippen molar-refractivity contribution in [2.75, 3.05) is 17.2 Å². The van der Waals surface area contributed by atoms with Gasteiger partial charge in [0.2, 0.25) is 0 Å². The number of fused-ring (bicyclic) bond motifs is 1. The predicted octanol–water partition coefficient (Wildman–Crippen LogP) is 6.00. The van der Waals surface area contributed by atoms with E-state index >= 15 is 0 Å². The summed E-state index contributed by atoms with van der Waals surface area (Å²) in [5.74, 6) is -0.255. The molecule has 4 nitrogen and oxygen atoms in total. The van der Waals surface area contributed by atoms with Crippen molar-refractivity contribution in [2.45, 2.75) is 45.4 Å². The van der Waals surface area contributed by atoms with Crippen LogP contribution in [0.5, 0.6) is 0 Å². The summed E-state index contributed by atoms with van der Waals surface area (Å²) in [4.78, 5) is 13.9. The van der Waals surface area contributed by atoms with Crippen molar-refractivity contribution < 1.29 is 9.53 Å². The number of hydrogen-bond acceptors (Lipinski definition) is 4. The first-order chi connectivity index (χ1) is 13.1. The van der Waals surface area contributed by atoms with Crippen LogP contribution < -0.4 is 10.6 Å². The van der Waals surface area contributed by atoms with Gasteiger partial charge >= 0.3 is 5.97 Å². The van der Waals surface area contributed by atoms with Crippen molar-refractivity contribution in [3.8, 4) is 0 Å². The maximum atomic E-state index is 12.7. The molecule has 3 rings (SSSR count). The zero-order valence-electron chi connectivity index (χ0n) is 15.3. The van der Waals surface area contributed by atoms with Gasteiger partial charge in [-0.1, -0.05) is 12.8 Å². The molecule has 0 radical (unpaired) electrons. The minimum absolute atomic E-state index is 0.255. The molecule has 0 amide bonds. The molecule has 0 spiro atoms. The van der Waals surface area contributed by atoms with Gasteiger partial charge in [-0.3, -0.25) is 0 Å². The minimum Gasteiger partial charge on any atom is -0.462 e. The Bertz CT molecular complexity index is 818. The highest BCUT2D eigenvalue weighted by molar-refractivity contribution is 14.1. The molecule has 1 aromatic heterocycles. The van der Waals surface area contributed by atoms with Crippen LogP contribution in [0.1, 0.15) is 53.4 Å². The Morgan fingerprint density at radius 2 is 1.85 bits per heavy atom. The Morgan fingerprint density at radius 3 is 2.56 bits per heavy atom. The molecule has 1 aliphatic rings. The Labute approximate surface area is 183 Å². The van der Waals surface area contributed by atoms with Gasteiger partial charge in [-0.2, -0.15) is 0 Å². The van der Waals surface area contributed by atoms with E-state index in [2.05, 4.69) is 33.2 Å². The number of aryl methyl sites for hydroxylation is 1. The number of esters is 1. The molecule has 0 saturated heterocycles. The summed E-state index contributed by atoms with van der Waals surface area (Å²) >= 11 is 9.39. The summed E-state index contributed by atoms with van der Waals surface area (Å²) in [5.41, 5.74) is 2.74. The van der Waals surface area contributed by atoms with Gasteiger partial charge in [0.25, 0.3) is 0 Å². The Balaban J connectivity index is 1.84. The molecule has 2 aromatic rings. The molecule has 1 aromatic carbocycles. The Kier molecular flexibility index (Phi) is 7.49. The first kappa shape index (κ1) is 20.5. The van der Waals surface area contributed by atoms with Crippen LogP contribution in [-0.2, 0) is 17.6 Å². The van der Waals surface area contributed by atoms with Crippen LogP contribution in [0.3, 0.4) is 0 Å². The predicted molar refractivity (Wildman–Crippen MR) is 125 cm³/mol. The van der Waals surface area contributed by atoms with E-state index in [1.165, 1.54) is 27.7 Å². The average Bonchev–Trinajstić information content (AvgIpc) is 2.93. The third-order valence-electron chi connectivity index (χ3n) is 4.48. The number of carbonyl (C=O) groups is 1. The SMILES string of the molecule is CCOC(=O)c1c(NC(=S)Nc2ccc(I)cc2)sc2c1CCCCCC2. The van der Waals surface area contributed by atoms with Gasteiger partial charge in [0.05, 0.1) is 12.2 Å². The van der Waals surface area contributed by atoms with Gasteiger partial charge in [0.1, 0.15) is 5.00 Å². The molecule has 0 unspecified atom stereocenters. The number of halogens is 1. The Hall–Kier alpha value is -1.19. The van der Waals surface area contributed by atoms with Crippen molar-refractivity contribution in [1.82, 2.24) is 0 Å². The summed E-state index contributed by atoms with van der Waals surface area (Å²) < 4.78 is 6.51. The zero-order chi connectivity index (χ0) is 19.2. The first-order valence-electron chi connectivity index (χ1n) is 9.23. The smallest absolute Gasteiger partial charge is 0.341 e. The lowest BCUT2D eigenvalue weighted by atomic mass is 9.96. The van der Waals surface area contributed by atoms with E-state index in [9.17, 15) is 4.79 Å².